The van der Waals surface area contributed by atoms with E-state index in [1.165, 1.54) is 22.3 Å². The van der Waals surface area contributed by atoms with Gasteiger partial charge < -0.3 is 4.43 Å². The van der Waals surface area contributed by atoms with Crippen molar-refractivity contribution in [1.82, 2.24) is 0 Å². The molecule has 0 radical (unpaired) electrons. The summed E-state index contributed by atoms with van der Waals surface area (Å²) in [6.07, 6.45) is 3.43. The summed E-state index contributed by atoms with van der Waals surface area (Å²) in [6.45, 7) is 23.3. The third kappa shape index (κ3) is 5.70. The van der Waals surface area contributed by atoms with Crippen LogP contribution < -0.4 is 0 Å². The number of benzene rings is 2. The van der Waals surface area contributed by atoms with Crippen molar-refractivity contribution in [1.29, 1.82) is 0 Å². The monoisotopic (exact) mass is 466 g/mol. The van der Waals surface area contributed by atoms with Gasteiger partial charge in [0.2, 0.25) is 0 Å². The first-order valence-corrected chi connectivity index (χ1v) is 18.7. The van der Waals surface area contributed by atoms with Crippen molar-refractivity contribution in [3.8, 4) is 0 Å². The molecule has 2 unspecified atom stereocenters. The van der Waals surface area contributed by atoms with Gasteiger partial charge in [-0.05, 0) is 40.9 Å². The van der Waals surface area contributed by atoms with Crippen LogP contribution in [0.15, 0.2) is 48.5 Å². The van der Waals surface area contributed by atoms with Crippen LogP contribution >= 0.6 is 0 Å². The fraction of sp³-hybridized carbons (Fsp3) is 0.536. The van der Waals surface area contributed by atoms with Crippen LogP contribution in [0.2, 0.25) is 37.8 Å². The Hall–Kier alpha value is -1.50. The minimum atomic E-state index is -1.79. The fourth-order valence-electron chi connectivity index (χ4n) is 4.12. The molecule has 0 spiro atoms. The van der Waals surface area contributed by atoms with Gasteiger partial charge in [0.15, 0.2) is 27.1 Å². The van der Waals surface area contributed by atoms with Gasteiger partial charge in [-0.25, -0.2) is 4.58 Å². The van der Waals surface area contributed by atoms with E-state index in [4.69, 9.17) is 4.43 Å². The van der Waals surface area contributed by atoms with Crippen LogP contribution in [0.25, 0.3) is 0 Å². The third-order valence-electron chi connectivity index (χ3n) is 7.90. The molecule has 0 amide bonds. The molecule has 0 bridgehead atoms. The summed E-state index contributed by atoms with van der Waals surface area (Å²) in [5.74, 6) is 0. The van der Waals surface area contributed by atoms with Gasteiger partial charge in [0.25, 0.3) is 0 Å². The zero-order valence-electron chi connectivity index (χ0n) is 21.8. The summed E-state index contributed by atoms with van der Waals surface area (Å²) in [5.41, 5.74) is 6.43. The molecule has 3 rings (SSSR count). The van der Waals surface area contributed by atoms with Gasteiger partial charge in [-0.1, -0.05) is 89.8 Å². The van der Waals surface area contributed by atoms with Crippen molar-refractivity contribution in [2.24, 2.45) is 0 Å². The van der Waals surface area contributed by atoms with Crippen LogP contribution in [-0.4, -0.2) is 39.8 Å². The third-order valence-corrected chi connectivity index (χ3v) is 15.3. The van der Waals surface area contributed by atoms with Crippen molar-refractivity contribution in [2.45, 2.75) is 90.0 Å². The molecule has 0 aliphatic carbocycles. The summed E-state index contributed by atoms with van der Waals surface area (Å²) in [5, 5.41) is 0.230. The first-order chi connectivity index (χ1) is 14.8. The molecule has 0 saturated carbocycles. The maximum atomic E-state index is 6.73. The molecule has 0 N–H and O–H groups in total. The Labute approximate surface area is 198 Å². The molecule has 2 aromatic carbocycles. The minimum Gasteiger partial charge on any atom is -0.410 e. The van der Waals surface area contributed by atoms with Crippen molar-refractivity contribution >= 4 is 22.6 Å². The Morgan fingerprint density at radius 1 is 0.969 bits per heavy atom. The molecule has 1 aliphatic rings. The summed E-state index contributed by atoms with van der Waals surface area (Å²) in [6, 6.07) is 18.3. The SMILES string of the molecule is CC(c1ccccc1C[N+]1=Cc2ccccc2CC1CO[Si](C)(C)C(C)(C)C)[Si](C)(C)C. The second-order valence-electron chi connectivity index (χ2n) is 12.2. The zero-order chi connectivity index (χ0) is 23.7. The molecule has 1 heterocycles. The molecule has 2 atom stereocenters. The van der Waals surface area contributed by atoms with Crippen LogP contribution in [-0.2, 0) is 17.4 Å². The zero-order valence-corrected chi connectivity index (χ0v) is 23.8. The number of hydrogen-bond acceptors (Lipinski definition) is 1. The largest absolute Gasteiger partial charge is 0.410 e. The highest BCUT2D eigenvalue weighted by molar-refractivity contribution is 6.77. The van der Waals surface area contributed by atoms with Gasteiger partial charge in [-0.2, -0.15) is 0 Å². The minimum absolute atomic E-state index is 0.230. The molecule has 4 heteroatoms. The molecule has 32 heavy (non-hydrogen) atoms. The van der Waals surface area contributed by atoms with Crippen molar-refractivity contribution < 1.29 is 9.00 Å². The summed E-state index contributed by atoms with van der Waals surface area (Å²) >= 11 is 0. The smallest absolute Gasteiger partial charge is 0.192 e. The van der Waals surface area contributed by atoms with Gasteiger partial charge >= 0.3 is 0 Å². The van der Waals surface area contributed by atoms with E-state index in [9.17, 15) is 0 Å². The molecule has 1 aliphatic heterocycles. The van der Waals surface area contributed by atoms with Gasteiger partial charge in [0.05, 0.1) is 14.7 Å². The summed E-state index contributed by atoms with van der Waals surface area (Å²) in [7, 11) is -3.07. The summed E-state index contributed by atoms with van der Waals surface area (Å²) < 4.78 is 9.29. The topological polar surface area (TPSA) is 12.2 Å². The summed E-state index contributed by atoms with van der Waals surface area (Å²) in [4.78, 5) is 0. The second-order valence-corrected chi connectivity index (χ2v) is 22.6. The Balaban J connectivity index is 1.93. The highest BCUT2D eigenvalue weighted by Gasteiger charge is 2.39. The number of fused-ring (bicyclic) bond motifs is 1. The molecule has 174 valence electrons. The average molecular weight is 467 g/mol. The molecule has 0 fully saturated rings. The Bertz CT molecular complexity index is 966. The van der Waals surface area contributed by atoms with E-state index in [1.807, 2.05) is 0 Å². The van der Waals surface area contributed by atoms with E-state index in [2.05, 4.69) is 120 Å². The Morgan fingerprint density at radius 2 is 1.59 bits per heavy atom. The predicted molar refractivity (Wildman–Crippen MR) is 144 cm³/mol. The van der Waals surface area contributed by atoms with E-state index in [1.54, 1.807) is 0 Å². The van der Waals surface area contributed by atoms with Crippen LogP contribution in [0.4, 0.5) is 0 Å². The van der Waals surface area contributed by atoms with E-state index in [0.29, 0.717) is 11.6 Å². The lowest BCUT2D eigenvalue weighted by atomic mass is 9.96. The first-order valence-electron chi connectivity index (χ1n) is 12.2. The van der Waals surface area contributed by atoms with Gasteiger partial charge in [0.1, 0.15) is 0 Å². The van der Waals surface area contributed by atoms with Crippen molar-refractivity contribution in [3.05, 3.63) is 70.8 Å². The van der Waals surface area contributed by atoms with Crippen molar-refractivity contribution in [3.63, 3.8) is 0 Å². The van der Waals surface area contributed by atoms with E-state index >= 15 is 0 Å². The van der Waals surface area contributed by atoms with E-state index in [-0.39, 0.29) is 5.04 Å². The highest BCUT2D eigenvalue weighted by atomic mass is 28.4. The molecular weight excluding hydrogens is 422 g/mol. The van der Waals surface area contributed by atoms with Crippen LogP contribution in [0.3, 0.4) is 0 Å². The maximum Gasteiger partial charge on any atom is 0.192 e. The number of hydrogen-bond donors (Lipinski definition) is 0. The van der Waals surface area contributed by atoms with Crippen LogP contribution in [0.1, 0.15) is 55.5 Å². The normalized spacial score (nSPS) is 18.2. The molecular formula is C28H44NOSi2+. The molecule has 2 nitrogen and oxygen atoms in total. The second kappa shape index (κ2) is 9.40. The number of rotatable bonds is 7. The Morgan fingerprint density at radius 3 is 2.25 bits per heavy atom. The lowest BCUT2D eigenvalue weighted by Gasteiger charge is -2.37. The fourth-order valence-corrected chi connectivity index (χ4v) is 6.37. The highest BCUT2D eigenvalue weighted by Crippen LogP contribution is 2.37. The van der Waals surface area contributed by atoms with Gasteiger partial charge in [-0.15, -0.1) is 0 Å². The van der Waals surface area contributed by atoms with E-state index in [0.717, 1.165) is 19.6 Å². The van der Waals surface area contributed by atoms with Gasteiger partial charge in [-0.3, -0.25) is 0 Å². The standard InChI is InChI=1S/C28H44NOSi2/c1-22(31(5,6)7)27-17-13-12-16-25(27)20-29-19-24-15-11-10-14-23(24)18-26(29)21-30-32(8,9)28(2,3)4/h10-17,19,22,26H,18,20-21H2,1-9H3/q+1. The Kier molecular flexibility index (Phi) is 7.38. The van der Waals surface area contributed by atoms with E-state index < -0.39 is 16.4 Å². The number of nitrogens with zero attached hydrogens (tertiary/aromatic N) is 1. The molecule has 0 saturated heterocycles. The first kappa shape index (κ1) is 25.1. The lowest BCUT2D eigenvalue weighted by Crippen LogP contribution is -2.46. The van der Waals surface area contributed by atoms with Crippen molar-refractivity contribution in [2.75, 3.05) is 6.61 Å². The average Bonchev–Trinajstić information content (AvgIpc) is 2.70. The molecule has 2 aromatic rings. The maximum absolute atomic E-state index is 6.73. The molecule has 0 aromatic heterocycles. The lowest BCUT2D eigenvalue weighted by molar-refractivity contribution is -0.580. The van der Waals surface area contributed by atoms with Crippen LogP contribution in [0.5, 0.6) is 0 Å². The quantitative estimate of drug-likeness (QED) is 0.309. The van der Waals surface area contributed by atoms with Crippen LogP contribution in [0, 0.1) is 0 Å². The van der Waals surface area contributed by atoms with Gasteiger partial charge in [0, 0.05) is 17.5 Å². The predicted octanol–water partition coefficient (Wildman–Crippen LogP) is 7.25.